The second-order valence-electron chi connectivity index (χ2n) is 4.75. The summed E-state index contributed by atoms with van der Waals surface area (Å²) in [6.45, 7) is 4.08. The van der Waals surface area contributed by atoms with Crippen molar-refractivity contribution in [2.45, 2.75) is 26.3 Å². The van der Waals surface area contributed by atoms with Gasteiger partial charge in [-0.25, -0.2) is 0 Å². The van der Waals surface area contributed by atoms with Crippen LogP contribution >= 0.6 is 0 Å². The van der Waals surface area contributed by atoms with E-state index in [-0.39, 0.29) is 17.9 Å². The molecule has 1 aromatic carbocycles. The molecule has 1 saturated carbocycles. The minimum absolute atomic E-state index is 0.0332. The summed E-state index contributed by atoms with van der Waals surface area (Å²) in [7, 11) is 1.82. The highest BCUT2D eigenvalue weighted by molar-refractivity contribution is 5.96. The van der Waals surface area contributed by atoms with E-state index in [1.165, 1.54) is 11.1 Å². The van der Waals surface area contributed by atoms with E-state index in [2.05, 4.69) is 6.07 Å². The summed E-state index contributed by atoms with van der Waals surface area (Å²) in [4.78, 5) is 13.7. The molecule has 2 unspecified atom stereocenters. The smallest absolute Gasteiger partial charge is 0.231 e. The van der Waals surface area contributed by atoms with Gasteiger partial charge in [-0.05, 0) is 43.5 Å². The molecule has 16 heavy (non-hydrogen) atoms. The van der Waals surface area contributed by atoms with E-state index in [1.54, 1.807) is 4.90 Å². The van der Waals surface area contributed by atoms with Crippen LogP contribution in [-0.4, -0.2) is 19.0 Å². The third-order valence-corrected chi connectivity index (χ3v) is 3.08. The molecule has 86 valence electrons. The third-order valence-electron chi connectivity index (χ3n) is 3.08. The highest BCUT2D eigenvalue weighted by Crippen LogP contribution is 2.31. The van der Waals surface area contributed by atoms with Crippen molar-refractivity contribution in [3.8, 4) is 0 Å². The number of nitrogens with zero attached hydrogens (tertiary/aromatic N) is 1. The van der Waals surface area contributed by atoms with E-state index in [9.17, 15) is 4.79 Å². The number of anilines is 1. The highest BCUT2D eigenvalue weighted by atomic mass is 16.2. The van der Waals surface area contributed by atoms with Gasteiger partial charge in [0.25, 0.3) is 0 Å². The fourth-order valence-electron chi connectivity index (χ4n) is 2.02. The molecular weight excluding hydrogens is 200 g/mol. The van der Waals surface area contributed by atoms with Crippen molar-refractivity contribution in [1.82, 2.24) is 0 Å². The SMILES string of the molecule is Cc1cc(C)cc(N(C)C(=O)C2CC2N)c1. The van der Waals surface area contributed by atoms with Crippen LogP contribution in [-0.2, 0) is 4.79 Å². The number of hydrogen-bond acceptors (Lipinski definition) is 2. The van der Waals surface area contributed by atoms with Gasteiger partial charge in [-0.3, -0.25) is 4.79 Å². The summed E-state index contributed by atoms with van der Waals surface area (Å²) in [6.07, 6.45) is 0.827. The van der Waals surface area contributed by atoms with Gasteiger partial charge < -0.3 is 10.6 Å². The zero-order valence-corrected chi connectivity index (χ0v) is 10.0. The van der Waals surface area contributed by atoms with Crippen molar-refractivity contribution in [3.63, 3.8) is 0 Å². The van der Waals surface area contributed by atoms with E-state index in [4.69, 9.17) is 5.73 Å². The maximum Gasteiger partial charge on any atom is 0.231 e. The molecule has 1 aliphatic rings. The maximum absolute atomic E-state index is 12.0. The Morgan fingerprint density at radius 2 is 1.81 bits per heavy atom. The lowest BCUT2D eigenvalue weighted by Gasteiger charge is -2.18. The molecule has 0 aliphatic heterocycles. The summed E-state index contributed by atoms with van der Waals surface area (Å²) in [5.41, 5.74) is 9.01. The Labute approximate surface area is 96.2 Å². The average molecular weight is 218 g/mol. The minimum Gasteiger partial charge on any atom is -0.327 e. The Morgan fingerprint density at radius 3 is 2.25 bits per heavy atom. The monoisotopic (exact) mass is 218 g/mol. The molecule has 0 bridgehead atoms. The van der Waals surface area contributed by atoms with Gasteiger partial charge in [-0.15, -0.1) is 0 Å². The number of carbonyl (C=O) groups is 1. The topological polar surface area (TPSA) is 46.3 Å². The van der Waals surface area contributed by atoms with Gasteiger partial charge in [0.1, 0.15) is 0 Å². The van der Waals surface area contributed by atoms with Crippen LogP contribution in [0.2, 0.25) is 0 Å². The van der Waals surface area contributed by atoms with Crippen LogP contribution < -0.4 is 10.6 Å². The van der Waals surface area contributed by atoms with E-state index < -0.39 is 0 Å². The minimum atomic E-state index is 0.0332. The van der Waals surface area contributed by atoms with Crippen LogP contribution in [0.25, 0.3) is 0 Å². The molecule has 2 rings (SSSR count). The number of rotatable bonds is 2. The second-order valence-corrected chi connectivity index (χ2v) is 4.75. The Morgan fingerprint density at radius 1 is 1.31 bits per heavy atom. The van der Waals surface area contributed by atoms with Crippen LogP contribution in [0.1, 0.15) is 17.5 Å². The molecular formula is C13H18N2O. The van der Waals surface area contributed by atoms with Crippen molar-refractivity contribution in [2.24, 2.45) is 11.7 Å². The third kappa shape index (κ3) is 2.09. The molecule has 0 aromatic heterocycles. The molecule has 1 aromatic rings. The molecule has 0 radical (unpaired) electrons. The summed E-state index contributed by atoms with van der Waals surface area (Å²) in [5.74, 6) is 0.170. The van der Waals surface area contributed by atoms with Crippen molar-refractivity contribution in [2.75, 3.05) is 11.9 Å². The van der Waals surface area contributed by atoms with Crippen LogP contribution in [0.15, 0.2) is 18.2 Å². The van der Waals surface area contributed by atoms with Crippen molar-refractivity contribution in [1.29, 1.82) is 0 Å². The molecule has 1 amide bonds. The van der Waals surface area contributed by atoms with Crippen LogP contribution in [0.4, 0.5) is 5.69 Å². The first-order chi connectivity index (χ1) is 7.49. The Hall–Kier alpha value is -1.35. The quantitative estimate of drug-likeness (QED) is 0.819. The number of nitrogens with two attached hydrogens (primary N) is 1. The fourth-order valence-corrected chi connectivity index (χ4v) is 2.02. The highest BCUT2D eigenvalue weighted by Gasteiger charge is 2.41. The van der Waals surface area contributed by atoms with Crippen LogP contribution in [0.5, 0.6) is 0 Å². The zero-order chi connectivity index (χ0) is 11.9. The molecule has 1 aliphatic carbocycles. The van der Waals surface area contributed by atoms with E-state index in [0.717, 1.165) is 12.1 Å². The molecule has 2 atom stereocenters. The number of aryl methyl sites for hydroxylation is 2. The number of hydrogen-bond donors (Lipinski definition) is 1. The van der Waals surface area contributed by atoms with E-state index >= 15 is 0 Å². The number of carbonyl (C=O) groups excluding carboxylic acids is 1. The first-order valence-electron chi connectivity index (χ1n) is 5.60. The van der Waals surface area contributed by atoms with Crippen molar-refractivity contribution < 1.29 is 4.79 Å². The Bertz CT molecular complexity index is 408. The van der Waals surface area contributed by atoms with Gasteiger partial charge in [0, 0.05) is 18.8 Å². The van der Waals surface area contributed by atoms with Gasteiger partial charge >= 0.3 is 0 Å². The normalized spacial score (nSPS) is 23.0. The Balaban J connectivity index is 2.20. The number of amides is 1. The summed E-state index contributed by atoms with van der Waals surface area (Å²) >= 11 is 0. The average Bonchev–Trinajstić information content (AvgIpc) is 2.92. The lowest BCUT2D eigenvalue weighted by atomic mass is 10.1. The molecule has 3 nitrogen and oxygen atoms in total. The lowest BCUT2D eigenvalue weighted by Crippen LogP contribution is -2.30. The molecule has 0 saturated heterocycles. The van der Waals surface area contributed by atoms with Crippen molar-refractivity contribution in [3.05, 3.63) is 29.3 Å². The van der Waals surface area contributed by atoms with Gasteiger partial charge in [-0.1, -0.05) is 6.07 Å². The molecule has 0 heterocycles. The molecule has 1 fully saturated rings. The van der Waals surface area contributed by atoms with Gasteiger partial charge in [-0.2, -0.15) is 0 Å². The molecule has 3 heteroatoms. The largest absolute Gasteiger partial charge is 0.327 e. The first-order valence-corrected chi connectivity index (χ1v) is 5.60. The van der Waals surface area contributed by atoms with E-state index in [0.29, 0.717) is 0 Å². The summed E-state index contributed by atoms with van der Waals surface area (Å²) < 4.78 is 0. The molecule has 2 N–H and O–H groups in total. The van der Waals surface area contributed by atoms with Gasteiger partial charge in [0.15, 0.2) is 0 Å². The van der Waals surface area contributed by atoms with Crippen LogP contribution in [0.3, 0.4) is 0 Å². The fraction of sp³-hybridized carbons (Fsp3) is 0.462. The molecule has 0 spiro atoms. The number of benzene rings is 1. The standard InChI is InChI=1S/C13H18N2O/c1-8-4-9(2)6-10(5-8)15(3)13(16)11-7-12(11)14/h4-6,11-12H,7,14H2,1-3H3. The maximum atomic E-state index is 12.0. The van der Waals surface area contributed by atoms with Crippen molar-refractivity contribution >= 4 is 11.6 Å². The lowest BCUT2D eigenvalue weighted by molar-refractivity contribution is -0.119. The Kier molecular flexibility index (Phi) is 2.72. The first kappa shape index (κ1) is 11.1. The predicted octanol–water partition coefficient (Wildman–Crippen LogP) is 1.61. The second kappa shape index (κ2) is 3.91. The van der Waals surface area contributed by atoms with Gasteiger partial charge in [0.05, 0.1) is 5.92 Å². The zero-order valence-electron chi connectivity index (χ0n) is 10.0. The van der Waals surface area contributed by atoms with E-state index in [1.807, 2.05) is 33.0 Å². The summed E-state index contributed by atoms with van der Waals surface area (Å²) in [5, 5.41) is 0. The van der Waals surface area contributed by atoms with Crippen LogP contribution in [0, 0.1) is 19.8 Å². The predicted molar refractivity (Wildman–Crippen MR) is 65.4 cm³/mol. The summed E-state index contributed by atoms with van der Waals surface area (Å²) in [6, 6.07) is 6.23. The van der Waals surface area contributed by atoms with Gasteiger partial charge in [0.2, 0.25) is 5.91 Å².